The maximum Gasteiger partial charge on any atom is 0.256 e. The highest BCUT2D eigenvalue weighted by Gasteiger charge is 2.09. The molecule has 0 aliphatic carbocycles. The normalized spacial score (nSPS) is 10.4. The first-order valence-corrected chi connectivity index (χ1v) is 8.31. The van der Waals surface area contributed by atoms with Gasteiger partial charge in [-0.3, -0.25) is 4.79 Å². The minimum Gasteiger partial charge on any atom is -0.489 e. The highest BCUT2D eigenvalue weighted by molar-refractivity contribution is 6.31. The van der Waals surface area contributed by atoms with E-state index < -0.39 is 5.82 Å². The zero-order valence-electron chi connectivity index (χ0n) is 14.0. The van der Waals surface area contributed by atoms with E-state index >= 15 is 0 Å². The Morgan fingerprint density at radius 3 is 2.54 bits per heavy atom. The van der Waals surface area contributed by atoms with E-state index in [1.807, 2.05) is 19.1 Å². The summed E-state index contributed by atoms with van der Waals surface area (Å²) in [6.45, 7) is 1.86. The lowest BCUT2D eigenvalue weighted by Gasteiger charge is -2.10. The first-order valence-electron chi connectivity index (χ1n) is 7.94. The van der Waals surface area contributed by atoms with Crippen LogP contribution in [-0.2, 0) is 6.61 Å². The molecule has 1 amide bonds. The number of hydrogen-bond donors (Lipinski definition) is 1. The summed E-state index contributed by atoms with van der Waals surface area (Å²) in [6.07, 6.45) is 0. The molecule has 0 saturated carbocycles. The van der Waals surface area contributed by atoms with E-state index in [0.717, 1.165) is 5.69 Å². The topological polar surface area (TPSA) is 51.2 Å². The second-order valence-electron chi connectivity index (χ2n) is 5.63. The Hall–Kier alpha value is -2.92. The van der Waals surface area contributed by atoms with E-state index in [-0.39, 0.29) is 12.5 Å². The SMILES string of the molecule is Cc1cccc(NC(=O)c2ccc(OCc3c(F)cccc3Cl)cc2)n1. The number of rotatable bonds is 5. The molecule has 132 valence electrons. The Labute approximate surface area is 155 Å². The molecule has 3 rings (SSSR count). The van der Waals surface area contributed by atoms with Crippen molar-refractivity contribution in [2.45, 2.75) is 13.5 Å². The van der Waals surface area contributed by atoms with Gasteiger partial charge in [0.05, 0.1) is 5.02 Å². The highest BCUT2D eigenvalue weighted by atomic mass is 35.5. The lowest BCUT2D eigenvalue weighted by atomic mass is 10.2. The number of benzene rings is 2. The number of aryl methyl sites for hydroxylation is 1. The molecular formula is C20H16ClFN2O2. The monoisotopic (exact) mass is 370 g/mol. The van der Waals surface area contributed by atoms with Crippen LogP contribution < -0.4 is 10.1 Å². The number of anilines is 1. The molecule has 0 radical (unpaired) electrons. The van der Waals surface area contributed by atoms with Gasteiger partial charge >= 0.3 is 0 Å². The lowest BCUT2D eigenvalue weighted by molar-refractivity contribution is 0.102. The predicted molar refractivity (Wildman–Crippen MR) is 99.1 cm³/mol. The molecule has 4 nitrogen and oxygen atoms in total. The van der Waals surface area contributed by atoms with Gasteiger partial charge in [-0.1, -0.05) is 23.7 Å². The van der Waals surface area contributed by atoms with Crippen molar-refractivity contribution in [1.82, 2.24) is 4.98 Å². The molecule has 1 heterocycles. The molecule has 1 aromatic heterocycles. The summed E-state index contributed by atoms with van der Waals surface area (Å²) in [5, 5.41) is 3.05. The Balaban J connectivity index is 1.64. The van der Waals surface area contributed by atoms with Crippen molar-refractivity contribution in [3.8, 4) is 5.75 Å². The minimum atomic E-state index is -0.417. The number of carbonyl (C=O) groups is 1. The maximum atomic E-state index is 13.7. The van der Waals surface area contributed by atoms with Crippen LogP contribution in [0, 0.1) is 12.7 Å². The van der Waals surface area contributed by atoms with Crippen molar-refractivity contribution >= 4 is 23.3 Å². The van der Waals surface area contributed by atoms with Gasteiger partial charge in [-0.2, -0.15) is 0 Å². The van der Waals surface area contributed by atoms with E-state index in [2.05, 4.69) is 10.3 Å². The Morgan fingerprint density at radius 1 is 1.12 bits per heavy atom. The third-order valence-electron chi connectivity index (χ3n) is 3.69. The molecule has 0 aliphatic heterocycles. The summed E-state index contributed by atoms with van der Waals surface area (Å²) in [5.74, 6) is 0.310. The van der Waals surface area contributed by atoms with E-state index in [0.29, 0.717) is 27.7 Å². The van der Waals surface area contributed by atoms with Crippen LogP contribution in [0.4, 0.5) is 10.2 Å². The Kier molecular flexibility index (Phi) is 5.49. The molecule has 0 bridgehead atoms. The second kappa shape index (κ2) is 7.97. The van der Waals surface area contributed by atoms with Gasteiger partial charge in [-0.15, -0.1) is 0 Å². The third kappa shape index (κ3) is 4.37. The number of ether oxygens (including phenoxy) is 1. The van der Waals surface area contributed by atoms with Gasteiger partial charge in [0.1, 0.15) is 24.0 Å². The summed E-state index contributed by atoms with van der Waals surface area (Å²) < 4.78 is 19.3. The molecule has 26 heavy (non-hydrogen) atoms. The standard InChI is InChI=1S/C20H16ClFN2O2/c1-13-4-2-7-19(23-13)24-20(25)14-8-10-15(11-9-14)26-12-16-17(21)5-3-6-18(16)22/h2-11H,12H2,1H3,(H,23,24,25). The number of nitrogens with zero attached hydrogens (tertiary/aromatic N) is 1. The first kappa shape index (κ1) is 17.9. The van der Waals surface area contributed by atoms with E-state index in [1.165, 1.54) is 12.1 Å². The van der Waals surface area contributed by atoms with Gasteiger partial charge in [-0.25, -0.2) is 9.37 Å². The number of halogens is 2. The van der Waals surface area contributed by atoms with Gasteiger partial charge in [-0.05, 0) is 55.5 Å². The second-order valence-corrected chi connectivity index (χ2v) is 6.04. The quantitative estimate of drug-likeness (QED) is 0.686. The van der Waals surface area contributed by atoms with Gasteiger partial charge in [0, 0.05) is 16.8 Å². The average Bonchev–Trinajstić information content (AvgIpc) is 2.62. The van der Waals surface area contributed by atoms with Crippen LogP contribution in [0.15, 0.2) is 60.7 Å². The number of aromatic nitrogens is 1. The molecule has 0 aliphatic rings. The molecule has 0 fully saturated rings. The number of pyridine rings is 1. The molecule has 3 aromatic rings. The largest absolute Gasteiger partial charge is 0.489 e. The fourth-order valence-electron chi connectivity index (χ4n) is 2.33. The maximum absolute atomic E-state index is 13.7. The average molecular weight is 371 g/mol. The summed E-state index contributed by atoms with van der Waals surface area (Å²) in [5.41, 5.74) is 1.57. The van der Waals surface area contributed by atoms with Crippen molar-refractivity contribution in [3.05, 3.63) is 88.3 Å². The summed E-state index contributed by atoms with van der Waals surface area (Å²) >= 11 is 5.97. The summed E-state index contributed by atoms with van der Waals surface area (Å²) in [4.78, 5) is 16.5. The third-order valence-corrected chi connectivity index (χ3v) is 4.05. The molecule has 0 atom stereocenters. The van der Waals surface area contributed by atoms with Crippen LogP contribution in [0.3, 0.4) is 0 Å². The molecule has 0 unspecified atom stereocenters. The molecule has 2 aromatic carbocycles. The fourth-order valence-corrected chi connectivity index (χ4v) is 2.55. The zero-order chi connectivity index (χ0) is 18.5. The number of nitrogens with one attached hydrogen (secondary N) is 1. The van der Waals surface area contributed by atoms with Crippen LogP contribution in [0.25, 0.3) is 0 Å². The summed E-state index contributed by atoms with van der Waals surface area (Å²) in [6, 6.07) is 16.4. The molecule has 0 spiro atoms. The molecular weight excluding hydrogens is 355 g/mol. The zero-order valence-corrected chi connectivity index (χ0v) is 14.8. The van der Waals surface area contributed by atoms with Crippen LogP contribution >= 0.6 is 11.6 Å². The minimum absolute atomic E-state index is 0.00423. The van der Waals surface area contributed by atoms with Gasteiger partial charge in [0.15, 0.2) is 0 Å². The van der Waals surface area contributed by atoms with Gasteiger partial charge < -0.3 is 10.1 Å². The number of hydrogen-bond acceptors (Lipinski definition) is 3. The fraction of sp³-hybridized carbons (Fsp3) is 0.100. The molecule has 0 saturated heterocycles. The van der Waals surface area contributed by atoms with E-state index in [4.69, 9.17) is 16.3 Å². The highest BCUT2D eigenvalue weighted by Crippen LogP contribution is 2.22. The van der Waals surface area contributed by atoms with Crippen molar-refractivity contribution in [2.75, 3.05) is 5.32 Å². The van der Waals surface area contributed by atoms with Crippen LogP contribution in [-0.4, -0.2) is 10.9 Å². The summed E-state index contributed by atoms with van der Waals surface area (Å²) in [7, 11) is 0. The number of amides is 1. The van der Waals surface area contributed by atoms with Crippen LogP contribution in [0.5, 0.6) is 5.75 Å². The van der Waals surface area contributed by atoms with Crippen molar-refractivity contribution < 1.29 is 13.9 Å². The van der Waals surface area contributed by atoms with Gasteiger partial charge in [0.2, 0.25) is 0 Å². The van der Waals surface area contributed by atoms with Crippen LogP contribution in [0.2, 0.25) is 5.02 Å². The van der Waals surface area contributed by atoms with E-state index in [9.17, 15) is 9.18 Å². The van der Waals surface area contributed by atoms with E-state index in [1.54, 1.807) is 36.4 Å². The Bertz CT molecular complexity index is 909. The molecule has 1 N–H and O–H groups in total. The Morgan fingerprint density at radius 2 is 1.85 bits per heavy atom. The van der Waals surface area contributed by atoms with Crippen LogP contribution in [0.1, 0.15) is 21.6 Å². The van der Waals surface area contributed by atoms with Crippen molar-refractivity contribution in [2.24, 2.45) is 0 Å². The molecule has 6 heteroatoms. The van der Waals surface area contributed by atoms with Crippen molar-refractivity contribution in [1.29, 1.82) is 0 Å². The van der Waals surface area contributed by atoms with Gasteiger partial charge in [0.25, 0.3) is 5.91 Å². The predicted octanol–water partition coefficient (Wildman–Crippen LogP) is 5.01. The smallest absolute Gasteiger partial charge is 0.256 e. The van der Waals surface area contributed by atoms with Crippen molar-refractivity contribution in [3.63, 3.8) is 0 Å². The number of carbonyl (C=O) groups excluding carboxylic acids is 1. The lowest BCUT2D eigenvalue weighted by Crippen LogP contribution is -2.13. The first-order chi connectivity index (χ1) is 12.5.